The van der Waals surface area contributed by atoms with Gasteiger partial charge in [0, 0.05) is 13.0 Å². The van der Waals surface area contributed by atoms with Crippen LogP contribution in [0, 0.1) is 5.92 Å². The summed E-state index contributed by atoms with van der Waals surface area (Å²) in [6, 6.07) is 8.54. The molecule has 0 spiro atoms. The average molecular weight is 295 g/mol. The Balaban J connectivity index is 1.80. The van der Waals surface area contributed by atoms with E-state index < -0.39 is 18.2 Å². The highest BCUT2D eigenvalue weighted by Crippen LogP contribution is 2.27. The number of carbonyl (C=O) groups is 1. The first-order valence-corrected chi connectivity index (χ1v) is 6.94. The molecule has 6 heteroatoms. The van der Waals surface area contributed by atoms with E-state index >= 15 is 0 Å². The molecule has 0 radical (unpaired) electrons. The Labute approximate surface area is 123 Å². The lowest BCUT2D eigenvalue weighted by molar-refractivity contribution is -0.124. The fourth-order valence-electron chi connectivity index (χ4n) is 2.56. The minimum Gasteiger partial charge on any atom is -0.484 e. The molecule has 4 atom stereocenters. The quantitative estimate of drug-likeness (QED) is 0.684. The molecule has 3 N–H and O–H groups in total. The number of ether oxygens (including phenoxy) is 2. The van der Waals surface area contributed by atoms with Crippen LogP contribution in [0.15, 0.2) is 30.3 Å². The molecule has 1 aliphatic carbocycles. The van der Waals surface area contributed by atoms with Gasteiger partial charge in [-0.3, -0.25) is 4.79 Å². The summed E-state index contributed by atoms with van der Waals surface area (Å²) in [5.41, 5.74) is 0. The molecule has 0 unspecified atom stereocenters. The monoisotopic (exact) mass is 295 g/mol. The van der Waals surface area contributed by atoms with Crippen LogP contribution >= 0.6 is 0 Å². The van der Waals surface area contributed by atoms with Crippen LogP contribution in [0.5, 0.6) is 5.75 Å². The SMILES string of the molecule is COC[C@H]1C[C@@H](NC(=O)COc2ccccc2)[C@H](O)[C@@H]1O. The lowest BCUT2D eigenvalue weighted by atomic mass is 10.1. The van der Waals surface area contributed by atoms with Crippen molar-refractivity contribution in [3.8, 4) is 5.75 Å². The highest BCUT2D eigenvalue weighted by molar-refractivity contribution is 5.78. The van der Waals surface area contributed by atoms with E-state index in [2.05, 4.69) is 5.32 Å². The predicted molar refractivity (Wildman–Crippen MR) is 75.9 cm³/mol. The summed E-state index contributed by atoms with van der Waals surface area (Å²) in [6.07, 6.45) is -1.39. The zero-order valence-corrected chi connectivity index (χ0v) is 11.9. The number of methoxy groups -OCH3 is 1. The molecule has 1 aromatic carbocycles. The number of hydrogen-bond acceptors (Lipinski definition) is 5. The molecule has 1 saturated carbocycles. The third-order valence-corrected chi connectivity index (χ3v) is 3.64. The molecular weight excluding hydrogens is 274 g/mol. The molecule has 116 valence electrons. The van der Waals surface area contributed by atoms with E-state index in [1.54, 1.807) is 19.2 Å². The molecule has 0 bridgehead atoms. The summed E-state index contributed by atoms with van der Waals surface area (Å²) >= 11 is 0. The van der Waals surface area contributed by atoms with Crippen LogP contribution in [-0.2, 0) is 9.53 Å². The van der Waals surface area contributed by atoms with E-state index in [0.29, 0.717) is 18.8 Å². The summed E-state index contributed by atoms with van der Waals surface area (Å²) in [5.74, 6) is 0.107. The largest absolute Gasteiger partial charge is 0.484 e. The van der Waals surface area contributed by atoms with Gasteiger partial charge in [0.1, 0.15) is 11.9 Å². The van der Waals surface area contributed by atoms with Gasteiger partial charge in [-0.05, 0) is 18.6 Å². The van der Waals surface area contributed by atoms with Crippen molar-refractivity contribution in [1.29, 1.82) is 0 Å². The van der Waals surface area contributed by atoms with Gasteiger partial charge < -0.3 is 25.0 Å². The molecule has 1 aromatic rings. The predicted octanol–water partition coefficient (Wildman–Crippen LogP) is -0.0617. The summed E-state index contributed by atoms with van der Waals surface area (Å²) in [4.78, 5) is 11.8. The number of hydrogen-bond donors (Lipinski definition) is 3. The summed E-state index contributed by atoms with van der Waals surface area (Å²) in [5, 5.41) is 22.5. The summed E-state index contributed by atoms with van der Waals surface area (Å²) < 4.78 is 10.3. The van der Waals surface area contributed by atoms with Crippen LogP contribution in [0.25, 0.3) is 0 Å². The van der Waals surface area contributed by atoms with E-state index in [9.17, 15) is 15.0 Å². The first kappa shape index (κ1) is 15.8. The van der Waals surface area contributed by atoms with Crippen LogP contribution in [0.3, 0.4) is 0 Å². The molecule has 1 amide bonds. The Hall–Kier alpha value is -1.63. The van der Waals surface area contributed by atoms with Crippen molar-refractivity contribution in [2.75, 3.05) is 20.3 Å². The first-order valence-electron chi connectivity index (χ1n) is 6.94. The maximum atomic E-state index is 11.8. The number of aliphatic hydroxyl groups excluding tert-OH is 2. The Morgan fingerprint density at radius 1 is 1.29 bits per heavy atom. The van der Waals surface area contributed by atoms with Crippen LogP contribution < -0.4 is 10.1 Å². The number of benzene rings is 1. The highest BCUT2D eigenvalue weighted by atomic mass is 16.5. The third-order valence-electron chi connectivity index (χ3n) is 3.64. The Morgan fingerprint density at radius 2 is 2.00 bits per heavy atom. The van der Waals surface area contributed by atoms with Gasteiger partial charge >= 0.3 is 0 Å². The van der Waals surface area contributed by atoms with Crippen molar-refractivity contribution < 1.29 is 24.5 Å². The Bertz CT molecular complexity index is 453. The van der Waals surface area contributed by atoms with Gasteiger partial charge in [0.2, 0.25) is 0 Å². The molecule has 0 saturated heterocycles. The maximum absolute atomic E-state index is 11.8. The van der Waals surface area contributed by atoms with E-state index in [4.69, 9.17) is 9.47 Å². The normalized spacial score (nSPS) is 28.3. The third kappa shape index (κ3) is 4.17. The summed E-state index contributed by atoms with van der Waals surface area (Å²) in [6.45, 7) is 0.226. The highest BCUT2D eigenvalue weighted by Gasteiger charge is 2.41. The number of carbonyl (C=O) groups excluding carboxylic acids is 1. The van der Waals surface area contributed by atoms with Gasteiger partial charge in [-0.25, -0.2) is 0 Å². The molecule has 6 nitrogen and oxygen atoms in total. The minimum absolute atomic E-state index is 0.127. The van der Waals surface area contributed by atoms with Crippen LogP contribution in [0.1, 0.15) is 6.42 Å². The first-order chi connectivity index (χ1) is 10.1. The van der Waals surface area contributed by atoms with Crippen LogP contribution in [-0.4, -0.2) is 54.7 Å². The lowest BCUT2D eigenvalue weighted by Crippen LogP contribution is -2.44. The van der Waals surface area contributed by atoms with Gasteiger partial charge in [-0.1, -0.05) is 18.2 Å². The second kappa shape index (κ2) is 7.40. The van der Waals surface area contributed by atoms with Gasteiger partial charge in [0.15, 0.2) is 6.61 Å². The fraction of sp³-hybridized carbons (Fsp3) is 0.533. The minimum atomic E-state index is -0.981. The second-order valence-corrected chi connectivity index (χ2v) is 5.21. The fourth-order valence-corrected chi connectivity index (χ4v) is 2.56. The second-order valence-electron chi connectivity index (χ2n) is 5.21. The van der Waals surface area contributed by atoms with Crippen LogP contribution in [0.2, 0.25) is 0 Å². The molecular formula is C15H21NO5. The van der Waals surface area contributed by atoms with Gasteiger partial charge in [0.05, 0.1) is 18.8 Å². The number of aliphatic hydroxyl groups is 2. The van der Waals surface area contributed by atoms with Crippen molar-refractivity contribution in [2.45, 2.75) is 24.7 Å². The van der Waals surface area contributed by atoms with Crippen molar-refractivity contribution >= 4 is 5.91 Å². The number of rotatable bonds is 6. The van der Waals surface area contributed by atoms with Crippen molar-refractivity contribution in [3.63, 3.8) is 0 Å². The zero-order valence-electron chi connectivity index (χ0n) is 11.9. The topological polar surface area (TPSA) is 88.0 Å². The standard InChI is InChI=1S/C15H21NO5/c1-20-8-10-7-12(15(19)14(10)18)16-13(17)9-21-11-5-3-2-4-6-11/h2-6,10,12,14-15,18-19H,7-9H2,1H3,(H,16,17)/t10-,12-,14-,15+/m1/s1. The van der Waals surface area contributed by atoms with E-state index in [1.165, 1.54) is 0 Å². The molecule has 2 rings (SSSR count). The zero-order chi connectivity index (χ0) is 15.2. The van der Waals surface area contributed by atoms with Gasteiger partial charge in [-0.15, -0.1) is 0 Å². The van der Waals surface area contributed by atoms with Gasteiger partial charge in [0.25, 0.3) is 5.91 Å². The Morgan fingerprint density at radius 3 is 2.67 bits per heavy atom. The maximum Gasteiger partial charge on any atom is 0.258 e. The molecule has 0 aliphatic heterocycles. The van der Waals surface area contributed by atoms with Crippen molar-refractivity contribution in [1.82, 2.24) is 5.32 Å². The summed E-state index contributed by atoms with van der Waals surface area (Å²) in [7, 11) is 1.54. The van der Waals surface area contributed by atoms with Crippen molar-refractivity contribution in [3.05, 3.63) is 30.3 Å². The average Bonchev–Trinajstić information content (AvgIpc) is 2.75. The van der Waals surface area contributed by atoms with Crippen molar-refractivity contribution in [2.24, 2.45) is 5.92 Å². The Kier molecular flexibility index (Phi) is 5.55. The lowest BCUT2D eigenvalue weighted by Gasteiger charge is -2.18. The molecule has 1 aliphatic rings. The number of para-hydroxylation sites is 1. The van der Waals surface area contributed by atoms with E-state index in [0.717, 1.165) is 0 Å². The molecule has 1 fully saturated rings. The van der Waals surface area contributed by atoms with E-state index in [-0.39, 0.29) is 18.4 Å². The van der Waals surface area contributed by atoms with Crippen LogP contribution in [0.4, 0.5) is 0 Å². The van der Waals surface area contributed by atoms with Gasteiger partial charge in [-0.2, -0.15) is 0 Å². The molecule has 0 aromatic heterocycles. The smallest absolute Gasteiger partial charge is 0.258 e. The molecule has 0 heterocycles. The molecule has 21 heavy (non-hydrogen) atoms. The number of nitrogens with one attached hydrogen (secondary N) is 1. The van der Waals surface area contributed by atoms with E-state index in [1.807, 2.05) is 18.2 Å². The number of amides is 1.